The van der Waals surface area contributed by atoms with E-state index in [2.05, 4.69) is 21.1 Å². The van der Waals surface area contributed by atoms with Crippen LogP contribution in [-0.4, -0.2) is 32.2 Å². The summed E-state index contributed by atoms with van der Waals surface area (Å²) in [5, 5.41) is 0. The minimum absolute atomic E-state index is 1.01. The molecule has 0 atom stereocenters. The molecule has 1 fully saturated rings. The Labute approximate surface area is 77.4 Å². The lowest BCUT2D eigenvalue weighted by atomic mass is 9.99. The third-order valence-corrected chi connectivity index (χ3v) is 2.78. The van der Waals surface area contributed by atoms with Crippen LogP contribution < -0.4 is 0 Å². The van der Waals surface area contributed by atoms with E-state index in [-0.39, 0.29) is 0 Å². The van der Waals surface area contributed by atoms with Crippen molar-refractivity contribution >= 4 is 0 Å². The van der Waals surface area contributed by atoms with Crippen LogP contribution >= 0.6 is 0 Å². The molecule has 1 aliphatic rings. The third-order valence-electron chi connectivity index (χ3n) is 2.78. The van der Waals surface area contributed by atoms with Crippen LogP contribution in [0.2, 0.25) is 0 Å². The van der Waals surface area contributed by atoms with Crippen molar-refractivity contribution in [2.75, 3.05) is 27.7 Å². The van der Waals surface area contributed by atoms with Gasteiger partial charge < -0.3 is 4.48 Å². The fraction of sp³-hybridized carbons (Fsp3) is 1.00. The van der Waals surface area contributed by atoms with Gasteiger partial charge in [0.05, 0.1) is 27.7 Å². The molecular formula is C11H24N+. The Hall–Kier alpha value is -0.0400. The highest BCUT2D eigenvalue weighted by molar-refractivity contribution is 4.63. The molecule has 1 saturated carbocycles. The van der Waals surface area contributed by atoms with Gasteiger partial charge in [-0.15, -0.1) is 0 Å². The molecule has 1 rings (SSSR count). The molecule has 0 aromatic carbocycles. The van der Waals surface area contributed by atoms with E-state index in [9.17, 15) is 0 Å². The molecule has 1 heteroatoms. The quantitative estimate of drug-likeness (QED) is 0.441. The van der Waals surface area contributed by atoms with Crippen molar-refractivity contribution in [2.24, 2.45) is 5.92 Å². The van der Waals surface area contributed by atoms with Gasteiger partial charge in [0.2, 0.25) is 0 Å². The Morgan fingerprint density at radius 2 is 1.42 bits per heavy atom. The van der Waals surface area contributed by atoms with Gasteiger partial charge in [-0.2, -0.15) is 0 Å². The highest BCUT2D eigenvalue weighted by atomic mass is 15.3. The molecule has 0 amide bonds. The van der Waals surface area contributed by atoms with Crippen molar-refractivity contribution in [2.45, 2.75) is 38.5 Å². The number of hydrogen-bond donors (Lipinski definition) is 0. The molecule has 1 aliphatic carbocycles. The second-order valence-electron chi connectivity index (χ2n) is 5.33. The van der Waals surface area contributed by atoms with Gasteiger partial charge in [-0.05, 0) is 12.8 Å². The smallest absolute Gasteiger partial charge is 0.0809 e. The van der Waals surface area contributed by atoms with Crippen LogP contribution in [0.25, 0.3) is 0 Å². The lowest BCUT2D eigenvalue weighted by Gasteiger charge is -2.28. The summed E-state index contributed by atoms with van der Waals surface area (Å²) >= 11 is 0. The van der Waals surface area contributed by atoms with Crippen LogP contribution in [0, 0.1) is 5.92 Å². The van der Waals surface area contributed by atoms with Crippen molar-refractivity contribution < 1.29 is 4.48 Å². The lowest BCUT2D eigenvalue weighted by Crippen LogP contribution is -2.39. The van der Waals surface area contributed by atoms with E-state index in [1.165, 1.54) is 45.1 Å². The van der Waals surface area contributed by atoms with Crippen LogP contribution in [0.15, 0.2) is 0 Å². The molecule has 0 radical (unpaired) electrons. The molecule has 0 heterocycles. The molecule has 1 nitrogen and oxygen atoms in total. The van der Waals surface area contributed by atoms with E-state index in [1.807, 2.05) is 0 Å². The average molecular weight is 170 g/mol. The molecule has 0 aromatic rings. The summed E-state index contributed by atoms with van der Waals surface area (Å²) < 4.78 is 1.14. The van der Waals surface area contributed by atoms with Gasteiger partial charge in [0.15, 0.2) is 0 Å². The molecule has 0 bridgehead atoms. The summed E-state index contributed by atoms with van der Waals surface area (Å²) in [6, 6.07) is 0. The fourth-order valence-corrected chi connectivity index (χ4v) is 2.32. The van der Waals surface area contributed by atoms with Crippen molar-refractivity contribution in [3.63, 3.8) is 0 Å². The molecule has 0 aliphatic heterocycles. The van der Waals surface area contributed by atoms with Gasteiger partial charge in [-0.1, -0.05) is 25.7 Å². The summed E-state index contributed by atoms with van der Waals surface area (Å²) in [6.45, 7) is 1.38. The zero-order valence-electron chi connectivity index (χ0n) is 8.97. The second kappa shape index (κ2) is 4.27. The van der Waals surface area contributed by atoms with Gasteiger partial charge in [-0.25, -0.2) is 0 Å². The number of nitrogens with zero attached hydrogens (tertiary/aromatic N) is 1. The van der Waals surface area contributed by atoms with Crippen LogP contribution in [0.1, 0.15) is 38.5 Å². The predicted molar refractivity (Wildman–Crippen MR) is 54.1 cm³/mol. The second-order valence-corrected chi connectivity index (χ2v) is 5.33. The van der Waals surface area contributed by atoms with Crippen LogP contribution in [0.5, 0.6) is 0 Å². The van der Waals surface area contributed by atoms with Gasteiger partial charge in [0.1, 0.15) is 0 Å². The molecule has 0 N–H and O–H groups in total. The topological polar surface area (TPSA) is 0 Å². The van der Waals surface area contributed by atoms with Crippen LogP contribution in [-0.2, 0) is 0 Å². The monoisotopic (exact) mass is 170 g/mol. The summed E-state index contributed by atoms with van der Waals surface area (Å²) in [6.07, 6.45) is 8.88. The summed E-state index contributed by atoms with van der Waals surface area (Å²) in [5.41, 5.74) is 0. The minimum Gasteiger partial charge on any atom is -0.331 e. The molecule has 0 saturated heterocycles. The summed E-state index contributed by atoms with van der Waals surface area (Å²) in [5.74, 6) is 1.01. The van der Waals surface area contributed by atoms with E-state index >= 15 is 0 Å². The lowest BCUT2D eigenvalue weighted by molar-refractivity contribution is -0.874. The Kier molecular flexibility index (Phi) is 3.57. The van der Waals surface area contributed by atoms with E-state index in [4.69, 9.17) is 0 Å². The van der Waals surface area contributed by atoms with Gasteiger partial charge >= 0.3 is 0 Å². The zero-order valence-corrected chi connectivity index (χ0v) is 8.97. The van der Waals surface area contributed by atoms with Crippen molar-refractivity contribution in [1.29, 1.82) is 0 Å². The van der Waals surface area contributed by atoms with E-state index in [0.717, 1.165) is 10.4 Å². The minimum atomic E-state index is 1.01. The number of hydrogen-bond acceptors (Lipinski definition) is 0. The maximum absolute atomic E-state index is 2.31. The van der Waals surface area contributed by atoms with Crippen LogP contribution in [0.4, 0.5) is 0 Å². The third kappa shape index (κ3) is 4.10. The van der Waals surface area contributed by atoms with Crippen LogP contribution in [0.3, 0.4) is 0 Å². The Morgan fingerprint density at radius 3 is 1.83 bits per heavy atom. The largest absolute Gasteiger partial charge is 0.331 e. The first-order chi connectivity index (χ1) is 5.58. The first-order valence-electron chi connectivity index (χ1n) is 5.38. The summed E-state index contributed by atoms with van der Waals surface area (Å²) in [4.78, 5) is 0. The Morgan fingerprint density at radius 1 is 0.917 bits per heavy atom. The maximum atomic E-state index is 2.31. The maximum Gasteiger partial charge on any atom is 0.0809 e. The summed E-state index contributed by atoms with van der Waals surface area (Å²) in [7, 11) is 6.93. The van der Waals surface area contributed by atoms with Gasteiger partial charge in [-0.3, -0.25) is 0 Å². The fourth-order valence-electron chi connectivity index (χ4n) is 2.32. The van der Waals surface area contributed by atoms with E-state index in [0.29, 0.717) is 0 Å². The molecule has 0 unspecified atom stereocenters. The first-order valence-corrected chi connectivity index (χ1v) is 5.38. The average Bonchev–Trinajstić information content (AvgIpc) is 2.12. The first kappa shape index (κ1) is 10.0. The predicted octanol–water partition coefficient (Wildman–Crippen LogP) is 2.66. The van der Waals surface area contributed by atoms with E-state index < -0.39 is 0 Å². The highest BCUT2D eigenvalue weighted by Crippen LogP contribution is 2.24. The Balaban J connectivity index is 2.30. The van der Waals surface area contributed by atoms with Crippen molar-refractivity contribution in [1.82, 2.24) is 0 Å². The van der Waals surface area contributed by atoms with Crippen molar-refractivity contribution in [3.05, 3.63) is 0 Å². The van der Waals surface area contributed by atoms with Crippen molar-refractivity contribution in [3.8, 4) is 0 Å². The SMILES string of the molecule is C[N+](C)(C)CC1CCCCCC1. The standard InChI is InChI=1S/C11H24N/c1-12(2,3)10-11-8-6-4-5-7-9-11/h11H,4-10H2,1-3H3/q+1. The molecule has 0 aromatic heterocycles. The Bertz CT molecular complexity index is 115. The molecule has 12 heavy (non-hydrogen) atoms. The molecule has 0 spiro atoms. The van der Waals surface area contributed by atoms with E-state index in [1.54, 1.807) is 0 Å². The number of quaternary nitrogens is 1. The molecular weight excluding hydrogens is 146 g/mol. The highest BCUT2D eigenvalue weighted by Gasteiger charge is 2.18. The zero-order chi connectivity index (χ0) is 9.03. The number of rotatable bonds is 2. The van der Waals surface area contributed by atoms with Gasteiger partial charge in [0.25, 0.3) is 0 Å². The normalized spacial score (nSPS) is 22.2. The molecule has 72 valence electrons. The van der Waals surface area contributed by atoms with Gasteiger partial charge in [0, 0.05) is 5.92 Å².